The molecule has 4 aromatic rings. The topological polar surface area (TPSA) is 122 Å². The fraction of sp³-hybridized carbons (Fsp3) is 0.143. The molecule has 0 unspecified atom stereocenters. The van der Waals surface area contributed by atoms with Crippen molar-refractivity contribution in [3.63, 3.8) is 0 Å². The number of fused-ring (bicyclic) bond motifs is 1. The maximum absolute atomic E-state index is 13.0. The van der Waals surface area contributed by atoms with Gasteiger partial charge < -0.3 is 20.3 Å². The van der Waals surface area contributed by atoms with Crippen LogP contribution in [0.15, 0.2) is 73.1 Å². The number of phenols is 1. The number of carboxylic acids is 1. The largest absolute Gasteiger partial charge is 0.508 e. The maximum atomic E-state index is 13.0. The van der Waals surface area contributed by atoms with Gasteiger partial charge in [0.15, 0.2) is 0 Å². The lowest BCUT2D eigenvalue weighted by Gasteiger charge is -2.18. The number of phenolic OH excluding ortho intramolecular Hbond substituents is 1. The summed E-state index contributed by atoms with van der Waals surface area (Å²) in [5.41, 5.74) is 3.01. The van der Waals surface area contributed by atoms with E-state index >= 15 is 0 Å². The first kappa shape index (κ1) is 24.6. The minimum Gasteiger partial charge on any atom is -0.508 e. The Morgan fingerprint density at radius 2 is 1.83 bits per heavy atom. The smallest absolute Gasteiger partial charge is 0.336 e. The zero-order valence-electron chi connectivity index (χ0n) is 19.6. The van der Waals surface area contributed by atoms with Gasteiger partial charge in [0.2, 0.25) is 0 Å². The molecule has 0 saturated heterocycles. The van der Waals surface area contributed by atoms with Gasteiger partial charge in [-0.1, -0.05) is 36.4 Å². The van der Waals surface area contributed by atoms with E-state index in [1.54, 1.807) is 48.8 Å². The summed E-state index contributed by atoms with van der Waals surface area (Å²) in [4.78, 5) is 33.6. The third-order valence-corrected chi connectivity index (χ3v) is 5.57. The molecule has 1 atom stereocenters. The van der Waals surface area contributed by atoms with Gasteiger partial charge in [-0.2, -0.15) is 0 Å². The first-order valence-electron chi connectivity index (χ1n) is 11.3. The zero-order chi connectivity index (χ0) is 25.5. The maximum Gasteiger partial charge on any atom is 0.336 e. The molecule has 8 heteroatoms. The van der Waals surface area contributed by atoms with E-state index in [0.29, 0.717) is 17.3 Å². The van der Waals surface area contributed by atoms with Crippen molar-refractivity contribution in [3.8, 4) is 5.75 Å². The highest BCUT2D eigenvalue weighted by Gasteiger charge is 2.19. The van der Waals surface area contributed by atoms with E-state index < -0.39 is 11.9 Å². The Labute approximate surface area is 207 Å². The third kappa shape index (κ3) is 6.11. The van der Waals surface area contributed by atoms with Crippen molar-refractivity contribution in [2.75, 3.05) is 13.7 Å². The number of nitrogens with one attached hydrogen (secondary N) is 1. The summed E-state index contributed by atoms with van der Waals surface area (Å²) in [6.45, 7) is 0.249. The molecule has 0 radical (unpaired) electrons. The molecule has 182 valence electrons. The van der Waals surface area contributed by atoms with Crippen LogP contribution in [0.4, 0.5) is 0 Å². The number of benzene rings is 2. The number of pyridine rings is 2. The number of carbonyl (C=O) groups is 2. The molecule has 1 amide bonds. The van der Waals surface area contributed by atoms with Crippen molar-refractivity contribution in [1.82, 2.24) is 15.3 Å². The van der Waals surface area contributed by atoms with Gasteiger partial charge in [0.05, 0.1) is 23.7 Å². The van der Waals surface area contributed by atoms with Crippen molar-refractivity contribution < 1.29 is 24.5 Å². The van der Waals surface area contributed by atoms with Crippen LogP contribution in [0.2, 0.25) is 0 Å². The van der Waals surface area contributed by atoms with Crippen molar-refractivity contribution in [1.29, 1.82) is 0 Å². The van der Waals surface area contributed by atoms with Gasteiger partial charge in [-0.05, 0) is 59.5 Å². The normalized spacial score (nSPS) is 12.0. The molecule has 2 aromatic heterocycles. The van der Waals surface area contributed by atoms with E-state index in [0.717, 1.165) is 16.7 Å². The van der Waals surface area contributed by atoms with Crippen LogP contribution in [0, 0.1) is 0 Å². The van der Waals surface area contributed by atoms with Crippen molar-refractivity contribution in [2.24, 2.45) is 0 Å². The molecular formula is C28H25N3O5. The van der Waals surface area contributed by atoms with Gasteiger partial charge in [0, 0.05) is 24.9 Å². The number of rotatable bonds is 9. The molecule has 0 fully saturated rings. The summed E-state index contributed by atoms with van der Waals surface area (Å²) in [7, 11) is 1.53. The lowest BCUT2D eigenvalue weighted by atomic mass is 10.0. The van der Waals surface area contributed by atoms with Crippen molar-refractivity contribution >= 4 is 34.9 Å². The predicted octanol–water partition coefficient (Wildman–Crippen LogP) is 4.19. The van der Waals surface area contributed by atoms with Gasteiger partial charge in [-0.15, -0.1) is 0 Å². The average molecular weight is 484 g/mol. The summed E-state index contributed by atoms with van der Waals surface area (Å²) >= 11 is 0. The molecular weight excluding hydrogens is 458 g/mol. The minimum absolute atomic E-state index is 0.00496. The van der Waals surface area contributed by atoms with E-state index in [4.69, 9.17) is 4.74 Å². The van der Waals surface area contributed by atoms with E-state index in [1.165, 1.54) is 13.2 Å². The lowest BCUT2D eigenvalue weighted by molar-refractivity contribution is 0.0699. The average Bonchev–Trinajstić information content (AvgIpc) is 2.88. The molecule has 0 spiro atoms. The van der Waals surface area contributed by atoms with Crippen LogP contribution in [0.5, 0.6) is 5.75 Å². The summed E-state index contributed by atoms with van der Waals surface area (Å²) in [6.07, 6.45) is 7.63. The monoisotopic (exact) mass is 483 g/mol. The van der Waals surface area contributed by atoms with Crippen LogP contribution in [0.1, 0.15) is 37.5 Å². The zero-order valence-corrected chi connectivity index (χ0v) is 19.6. The molecule has 0 aliphatic heterocycles. The minimum atomic E-state index is -1.15. The fourth-order valence-electron chi connectivity index (χ4n) is 3.84. The van der Waals surface area contributed by atoms with Gasteiger partial charge >= 0.3 is 5.97 Å². The number of carboxylic acid groups (broad SMARTS) is 1. The second-order valence-corrected chi connectivity index (χ2v) is 8.25. The SMILES string of the molecule is COC[C@H](Cc1ccc(O)cc1)NC(=O)c1cc(C(=O)O)c2cc(C=Cc3cccnc3)ccc2n1. The number of aromatic carboxylic acids is 1. The molecule has 3 N–H and O–H groups in total. The molecule has 0 saturated carbocycles. The summed E-state index contributed by atoms with van der Waals surface area (Å²) in [5.74, 6) is -1.49. The van der Waals surface area contributed by atoms with Crippen LogP contribution in [0.3, 0.4) is 0 Å². The van der Waals surface area contributed by atoms with Gasteiger partial charge in [0.1, 0.15) is 11.4 Å². The van der Waals surface area contributed by atoms with Crippen LogP contribution in [0.25, 0.3) is 23.1 Å². The number of methoxy groups -OCH3 is 1. The number of ether oxygens (including phenoxy) is 1. The Bertz CT molecular complexity index is 1400. The van der Waals surface area contributed by atoms with E-state index in [9.17, 15) is 19.8 Å². The highest BCUT2D eigenvalue weighted by molar-refractivity contribution is 6.06. The number of carbonyl (C=O) groups excluding carboxylic acids is 1. The number of hydrogen-bond acceptors (Lipinski definition) is 6. The number of aromatic hydroxyl groups is 1. The molecule has 36 heavy (non-hydrogen) atoms. The van der Waals surface area contributed by atoms with E-state index in [1.807, 2.05) is 30.4 Å². The Morgan fingerprint density at radius 1 is 1.06 bits per heavy atom. The predicted molar refractivity (Wildman–Crippen MR) is 137 cm³/mol. The molecule has 0 aliphatic rings. The third-order valence-electron chi connectivity index (χ3n) is 5.57. The number of hydrogen-bond donors (Lipinski definition) is 3. The standard InChI is InChI=1S/C28H25N3O5/c1-36-17-21(13-18-6-9-22(32)10-7-18)30-27(33)26-15-24(28(34)35)23-14-19(8-11-25(23)31-26)4-5-20-3-2-12-29-16-20/h2-12,14-16,21,32H,13,17H2,1H3,(H,30,33)(H,34,35)/t21-/m0/s1. The summed E-state index contributed by atoms with van der Waals surface area (Å²) in [5, 5.41) is 22.6. The van der Waals surface area contributed by atoms with Crippen LogP contribution in [-0.4, -0.2) is 51.8 Å². The molecule has 2 aromatic carbocycles. The number of amides is 1. The molecule has 0 bridgehead atoms. The van der Waals surface area contributed by atoms with E-state index in [2.05, 4.69) is 15.3 Å². The first-order valence-corrected chi connectivity index (χ1v) is 11.3. The first-order chi connectivity index (χ1) is 17.4. The van der Waals surface area contributed by atoms with Gasteiger partial charge in [-0.25, -0.2) is 9.78 Å². The summed E-state index contributed by atoms with van der Waals surface area (Å²) < 4.78 is 5.25. The second kappa shape index (κ2) is 11.2. The molecule has 4 rings (SSSR count). The lowest BCUT2D eigenvalue weighted by Crippen LogP contribution is -2.40. The second-order valence-electron chi connectivity index (χ2n) is 8.25. The van der Waals surface area contributed by atoms with Crippen LogP contribution >= 0.6 is 0 Å². The summed E-state index contributed by atoms with van der Waals surface area (Å²) in [6, 6.07) is 16.6. The molecule has 2 heterocycles. The van der Waals surface area contributed by atoms with E-state index in [-0.39, 0.29) is 29.7 Å². The van der Waals surface area contributed by atoms with Crippen molar-refractivity contribution in [2.45, 2.75) is 12.5 Å². The highest BCUT2D eigenvalue weighted by atomic mass is 16.5. The number of nitrogens with zero attached hydrogens (tertiary/aromatic N) is 2. The fourth-order valence-corrected chi connectivity index (χ4v) is 3.84. The van der Waals surface area contributed by atoms with Gasteiger partial charge in [0.25, 0.3) is 5.91 Å². The Balaban J connectivity index is 1.59. The Hall–Kier alpha value is -4.56. The van der Waals surface area contributed by atoms with Crippen LogP contribution < -0.4 is 5.32 Å². The quantitative estimate of drug-likeness (QED) is 0.326. The molecule has 0 aliphatic carbocycles. The Kier molecular flexibility index (Phi) is 7.67. The highest BCUT2D eigenvalue weighted by Crippen LogP contribution is 2.22. The van der Waals surface area contributed by atoms with Crippen LogP contribution in [-0.2, 0) is 11.2 Å². The number of aromatic nitrogens is 2. The van der Waals surface area contributed by atoms with Gasteiger partial charge in [-0.3, -0.25) is 9.78 Å². The molecule has 8 nitrogen and oxygen atoms in total. The Morgan fingerprint density at radius 3 is 2.53 bits per heavy atom. The van der Waals surface area contributed by atoms with Crippen molar-refractivity contribution in [3.05, 3.63) is 101 Å².